The number of anilines is 3. The summed E-state index contributed by atoms with van der Waals surface area (Å²) < 4.78 is 22.5. The molecule has 3 rings (SSSR count). The maximum atomic E-state index is 12.3. The third-order valence-electron chi connectivity index (χ3n) is 3.38. The van der Waals surface area contributed by atoms with Gasteiger partial charge in [0.2, 0.25) is 16.0 Å². The second-order valence-electron chi connectivity index (χ2n) is 5.66. The molecule has 0 unspecified atom stereocenters. The maximum absolute atomic E-state index is 12.3. The second-order valence-corrected chi connectivity index (χ2v) is 8.08. The van der Waals surface area contributed by atoms with Crippen LogP contribution in [0, 0.1) is 13.8 Å². The lowest BCUT2D eigenvalue weighted by Gasteiger charge is -2.04. The Labute approximate surface area is 159 Å². The number of rotatable bonds is 5. The van der Waals surface area contributed by atoms with Gasteiger partial charge in [-0.25, -0.2) is 28.5 Å². The van der Waals surface area contributed by atoms with Crippen molar-refractivity contribution in [1.82, 2.24) is 15.0 Å². The number of nitrogens with one attached hydrogen (secondary N) is 2. The molecule has 27 heavy (non-hydrogen) atoms. The number of nitrogens with zero attached hydrogens (tertiary/aromatic N) is 3. The number of carbonyl (C=O) groups excluding carboxylic acids is 1. The van der Waals surface area contributed by atoms with Crippen LogP contribution in [0.15, 0.2) is 40.6 Å². The van der Waals surface area contributed by atoms with E-state index in [-0.39, 0.29) is 10.6 Å². The quantitative estimate of drug-likeness (QED) is 0.592. The molecule has 0 aliphatic heterocycles. The van der Waals surface area contributed by atoms with Gasteiger partial charge in [-0.1, -0.05) is 0 Å². The van der Waals surface area contributed by atoms with Crippen molar-refractivity contribution < 1.29 is 13.2 Å². The first-order valence-electron chi connectivity index (χ1n) is 7.70. The highest BCUT2D eigenvalue weighted by molar-refractivity contribution is 7.89. The molecule has 0 radical (unpaired) electrons. The summed E-state index contributed by atoms with van der Waals surface area (Å²) in [5.41, 5.74) is 2.28. The number of amides is 1. The lowest BCUT2D eigenvalue weighted by molar-refractivity contribution is 0.102. The van der Waals surface area contributed by atoms with E-state index in [0.29, 0.717) is 16.8 Å². The van der Waals surface area contributed by atoms with Crippen LogP contribution in [-0.2, 0) is 10.0 Å². The van der Waals surface area contributed by atoms with Gasteiger partial charge in [0.25, 0.3) is 5.91 Å². The fourth-order valence-corrected chi connectivity index (χ4v) is 3.44. The van der Waals surface area contributed by atoms with Crippen molar-refractivity contribution in [2.24, 2.45) is 5.14 Å². The molecular weight excluding hydrogens is 388 g/mol. The summed E-state index contributed by atoms with van der Waals surface area (Å²) in [6.45, 7) is 3.73. The Morgan fingerprint density at radius 2 is 1.70 bits per heavy atom. The minimum absolute atomic E-state index is 0.0332. The Kier molecular flexibility index (Phi) is 5.17. The highest BCUT2D eigenvalue weighted by atomic mass is 32.2. The van der Waals surface area contributed by atoms with Crippen LogP contribution in [0.25, 0.3) is 0 Å². The third kappa shape index (κ3) is 4.84. The van der Waals surface area contributed by atoms with Crippen LogP contribution < -0.4 is 15.8 Å². The van der Waals surface area contributed by atoms with Crippen LogP contribution in [0.4, 0.5) is 16.8 Å². The topological polar surface area (TPSA) is 140 Å². The number of nitrogens with two attached hydrogens (primary N) is 1. The summed E-state index contributed by atoms with van der Waals surface area (Å²) in [4.78, 5) is 25.0. The first kappa shape index (κ1) is 18.9. The second kappa shape index (κ2) is 7.39. The van der Waals surface area contributed by atoms with Gasteiger partial charge in [0.1, 0.15) is 5.69 Å². The number of aryl methyl sites for hydroxylation is 2. The fraction of sp³-hybridized carbons (Fsp3) is 0.125. The molecular formula is C16H16N6O3S2. The maximum Gasteiger partial charge on any atom is 0.275 e. The van der Waals surface area contributed by atoms with Crippen molar-refractivity contribution in [3.05, 3.63) is 52.8 Å². The van der Waals surface area contributed by atoms with E-state index >= 15 is 0 Å². The van der Waals surface area contributed by atoms with Gasteiger partial charge in [-0.05, 0) is 44.2 Å². The zero-order chi connectivity index (χ0) is 19.6. The summed E-state index contributed by atoms with van der Waals surface area (Å²) in [6.07, 6.45) is 0. The largest absolute Gasteiger partial charge is 0.321 e. The van der Waals surface area contributed by atoms with Gasteiger partial charge in [-0.2, -0.15) is 0 Å². The molecule has 1 amide bonds. The average molecular weight is 404 g/mol. The molecule has 11 heteroatoms. The minimum Gasteiger partial charge on any atom is -0.321 e. The van der Waals surface area contributed by atoms with Gasteiger partial charge in [0.05, 0.1) is 4.90 Å². The lowest BCUT2D eigenvalue weighted by atomic mass is 10.3. The third-order valence-corrected chi connectivity index (χ3v) is 5.07. The van der Waals surface area contributed by atoms with Crippen molar-refractivity contribution in [2.45, 2.75) is 18.7 Å². The van der Waals surface area contributed by atoms with Crippen LogP contribution in [0.5, 0.6) is 0 Å². The van der Waals surface area contributed by atoms with E-state index < -0.39 is 15.9 Å². The van der Waals surface area contributed by atoms with Crippen LogP contribution >= 0.6 is 11.3 Å². The number of aromatic nitrogens is 3. The van der Waals surface area contributed by atoms with Crippen LogP contribution in [0.2, 0.25) is 0 Å². The number of thiazole rings is 1. The molecule has 3 aromatic rings. The molecule has 0 spiro atoms. The Hall–Kier alpha value is -2.89. The Balaban J connectivity index is 1.69. The fourth-order valence-electron chi connectivity index (χ4n) is 2.24. The number of carbonyl (C=O) groups is 1. The number of primary sulfonamides is 1. The summed E-state index contributed by atoms with van der Waals surface area (Å²) >= 11 is 1.24. The van der Waals surface area contributed by atoms with Gasteiger partial charge < -0.3 is 10.6 Å². The average Bonchev–Trinajstić information content (AvgIpc) is 3.02. The molecule has 0 atom stereocenters. The summed E-state index contributed by atoms with van der Waals surface area (Å²) in [7, 11) is -3.78. The molecule has 0 aliphatic rings. The number of hydrogen-bond donors (Lipinski definition) is 3. The zero-order valence-electron chi connectivity index (χ0n) is 14.4. The molecule has 9 nitrogen and oxygen atoms in total. The molecule has 1 aromatic carbocycles. The van der Waals surface area contributed by atoms with E-state index in [1.165, 1.54) is 35.6 Å². The van der Waals surface area contributed by atoms with Gasteiger partial charge in [-0.3, -0.25) is 4.79 Å². The van der Waals surface area contributed by atoms with Crippen molar-refractivity contribution in [3.8, 4) is 0 Å². The zero-order valence-corrected chi connectivity index (χ0v) is 16.1. The number of hydrogen-bond acceptors (Lipinski definition) is 8. The smallest absolute Gasteiger partial charge is 0.275 e. The van der Waals surface area contributed by atoms with Gasteiger partial charge in [-0.15, -0.1) is 11.3 Å². The number of benzene rings is 1. The first-order valence-corrected chi connectivity index (χ1v) is 10.1. The molecule has 0 fully saturated rings. The molecule has 0 saturated carbocycles. The van der Waals surface area contributed by atoms with Gasteiger partial charge in [0, 0.05) is 22.5 Å². The molecule has 0 aliphatic carbocycles. The standard InChI is InChI=1S/C16H16N6O3S2/c1-9-7-10(2)19-15(18-9)22-16-21-13(8-26-16)14(23)20-11-3-5-12(6-4-11)27(17,24)25/h3-8H,1-2H3,(H,20,23)(H2,17,24,25)(H,18,19,21,22). The van der Waals surface area contributed by atoms with Crippen molar-refractivity contribution in [2.75, 3.05) is 10.6 Å². The highest BCUT2D eigenvalue weighted by Gasteiger charge is 2.13. The van der Waals surface area contributed by atoms with E-state index in [4.69, 9.17) is 5.14 Å². The molecule has 2 aromatic heterocycles. The van der Waals surface area contributed by atoms with Crippen LogP contribution in [0.3, 0.4) is 0 Å². The van der Waals surface area contributed by atoms with Crippen molar-refractivity contribution in [1.29, 1.82) is 0 Å². The Morgan fingerprint density at radius 3 is 2.30 bits per heavy atom. The molecule has 2 heterocycles. The first-order chi connectivity index (χ1) is 12.7. The van der Waals surface area contributed by atoms with Crippen molar-refractivity contribution >= 4 is 44.0 Å². The van der Waals surface area contributed by atoms with E-state index in [0.717, 1.165) is 11.4 Å². The van der Waals surface area contributed by atoms with E-state index in [9.17, 15) is 13.2 Å². The molecule has 0 saturated heterocycles. The van der Waals surface area contributed by atoms with Crippen LogP contribution in [-0.4, -0.2) is 29.3 Å². The van der Waals surface area contributed by atoms with E-state index in [2.05, 4.69) is 25.6 Å². The predicted octanol–water partition coefficient (Wildman–Crippen LogP) is 2.19. The normalized spacial score (nSPS) is 11.2. The van der Waals surface area contributed by atoms with Gasteiger partial charge in [0.15, 0.2) is 5.13 Å². The van der Waals surface area contributed by atoms with E-state index in [1.54, 1.807) is 5.38 Å². The van der Waals surface area contributed by atoms with Crippen LogP contribution in [0.1, 0.15) is 21.9 Å². The Bertz CT molecular complexity index is 1070. The minimum atomic E-state index is -3.78. The Morgan fingerprint density at radius 1 is 1.07 bits per heavy atom. The molecule has 0 bridgehead atoms. The number of sulfonamides is 1. The molecule has 140 valence electrons. The highest BCUT2D eigenvalue weighted by Crippen LogP contribution is 2.20. The monoisotopic (exact) mass is 404 g/mol. The predicted molar refractivity (Wildman–Crippen MR) is 103 cm³/mol. The summed E-state index contributed by atoms with van der Waals surface area (Å²) in [5.74, 6) is -0.0172. The SMILES string of the molecule is Cc1cc(C)nc(Nc2nc(C(=O)Nc3ccc(S(N)(=O)=O)cc3)cs2)n1. The summed E-state index contributed by atoms with van der Waals surface area (Å²) in [6, 6.07) is 7.39. The van der Waals surface area contributed by atoms with Crippen molar-refractivity contribution in [3.63, 3.8) is 0 Å². The van der Waals surface area contributed by atoms with Gasteiger partial charge >= 0.3 is 0 Å². The summed E-state index contributed by atoms with van der Waals surface area (Å²) in [5, 5.41) is 12.7. The van der Waals surface area contributed by atoms with E-state index in [1.807, 2.05) is 19.9 Å². The molecule has 4 N–H and O–H groups in total. The lowest BCUT2D eigenvalue weighted by Crippen LogP contribution is -2.14.